The Morgan fingerprint density at radius 2 is 2.00 bits per heavy atom. The second-order valence-electron chi connectivity index (χ2n) is 4.74. The zero-order chi connectivity index (χ0) is 15.8. The number of hydrogen-bond acceptors (Lipinski definition) is 4. The fourth-order valence-electron chi connectivity index (χ4n) is 1.84. The number of para-hydroxylation sites is 1. The van der Waals surface area contributed by atoms with Crippen molar-refractivity contribution >= 4 is 5.91 Å². The van der Waals surface area contributed by atoms with Crippen molar-refractivity contribution in [3.05, 3.63) is 54.2 Å². The van der Waals surface area contributed by atoms with Crippen molar-refractivity contribution in [3.63, 3.8) is 0 Å². The lowest BCUT2D eigenvalue weighted by Gasteiger charge is -2.12. The van der Waals surface area contributed by atoms with E-state index in [2.05, 4.69) is 10.3 Å². The molecule has 0 saturated heterocycles. The van der Waals surface area contributed by atoms with Crippen LogP contribution in [0.2, 0.25) is 0 Å². The first-order valence-corrected chi connectivity index (χ1v) is 7.26. The van der Waals surface area contributed by atoms with E-state index in [9.17, 15) is 4.79 Å². The van der Waals surface area contributed by atoms with Crippen LogP contribution >= 0.6 is 0 Å². The summed E-state index contributed by atoms with van der Waals surface area (Å²) in [6.45, 7) is 4.52. The number of ether oxygens (including phenoxy) is 2. The first-order chi connectivity index (χ1) is 10.7. The molecule has 1 amide bonds. The third-order valence-electron chi connectivity index (χ3n) is 3.02. The minimum Gasteiger partial charge on any atom is -0.439 e. The van der Waals surface area contributed by atoms with Gasteiger partial charge in [-0.15, -0.1) is 0 Å². The highest BCUT2D eigenvalue weighted by Crippen LogP contribution is 2.18. The number of amides is 1. The molecule has 0 aliphatic heterocycles. The smallest absolute Gasteiger partial charge is 0.249 e. The molecule has 1 unspecified atom stereocenters. The predicted octanol–water partition coefficient (Wildman–Crippen LogP) is 2.92. The van der Waals surface area contributed by atoms with Gasteiger partial charge >= 0.3 is 0 Å². The molecule has 5 heteroatoms. The van der Waals surface area contributed by atoms with E-state index in [0.717, 1.165) is 11.3 Å². The molecule has 0 fully saturated rings. The number of nitrogens with zero attached hydrogens (tertiary/aromatic N) is 1. The monoisotopic (exact) mass is 300 g/mol. The van der Waals surface area contributed by atoms with Crippen molar-refractivity contribution in [1.82, 2.24) is 10.3 Å². The molecule has 0 radical (unpaired) electrons. The molecule has 0 aliphatic rings. The average Bonchev–Trinajstić information content (AvgIpc) is 2.55. The van der Waals surface area contributed by atoms with Crippen LogP contribution in [0.3, 0.4) is 0 Å². The second kappa shape index (κ2) is 8.14. The molecular formula is C17H20N2O3. The Hall–Kier alpha value is -2.40. The summed E-state index contributed by atoms with van der Waals surface area (Å²) in [5, 5.41) is 2.81. The molecule has 1 atom stereocenters. The van der Waals surface area contributed by atoms with Crippen LogP contribution in [0.1, 0.15) is 19.4 Å². The van der Waals surface area contributed by atoms with Gasteiger partial charge in [-0.1, -0.05) is 24.3 Å². The Morgan fingerprint density at radius 1 is 1.23 bits per heavy atom. The van der Waals surface area contributed by atoms with E-state index >= 15 is 0 Å². The maximum atomic E-state index is 11.7. The van der Waals surface area contributed by atoms with Crippen LogP contribution in [-0.2, 0) is 16.1 Å². The average molecular weight is 300 g/mol. The van der Waals surface area contributed by atoms with Gasteiger partial charge in [0.05, 0.1) is 0 Å². The lowest BCUT2D eigenvalue weighted by molar-refractivity contribution is -0.131. The summed E-state index contributed by atoms with van der Waals surface area (Å²) in [6, 6.07) is 13.1. The van der Waals surface area contributed by atoms with E-state index in [1.54, 1.807) is 19.2 Å². The fourth-order valence-corrected chi connectivity index (χ4v) is 1.84. The van der Waals surface area contributed by atoms with Gasteiger partial charge in [0.2, 0.25) is 11.8 Å². The molecule has 1 heterocycles. The number of pyridine rings is 1. The molecule has 2 rings (SSSR count). The zero-order valence-corrected chi connectivity index (χ0v) is 12.8. The first kappa shape index (κ1) is 16.0. The summed E-state index contributed by atoms with van der Waals surface area (Å²) in [5.41, 5.74) is 0.900. The van der Waals surface area contributed by atoms with Crippen molar-refractivity contribution < 1.29 is 14.3 Å². The van der Waals surface area contributed by atoms with Crippen LogP contribution in [0.15, 0.2) is 48.7 Å². The lowest BCUT2D eigenvalue weighted by atomic mass is 10.2. The topological polar surface area (TPSA) is 60.5 Å². The standard InChI is InChI=1S/C17H20N2O3/c1-3-21-13(2)17(20)19-12-14-9-10-16(18-11-14)22-15-7-5-4-6-8-15/h4-11,13H,3,12H2,1-2H3,(H,19,20). The van der Waals surface area contributed by atoms with Gasteiger partial charge in [-0.05, 0) is 31.5 Å². The van der Waals surface area contributed by atoms with Crippen LogP contribution in [0.25, 0.3) is 0 Å². The van der Waals surface area contributed by atoms with Gasteiger partial charge in [-0.3, -0.25) is 4.79 Å². The van der Waals surface area contributed by atoms with Gasteiger partial charge < -0.3 is 14.8 Å². The molecular weight excluding hydrogens is 280 g/mol. The minimum atomic E-state index is -0.446. The highest BCUT2D eigenvalue weighted by Gasteiger charge is 2.11. The van der Waals surface area contributed by atoms with Crippen LogP contribution in [-0.4, -0.2) is 23.6 Å². The Bertz CT molecular complexity index is 585. The first-order valence-electron chi connectivity index (χ1n) is 7.26. The zero-order valence-electron chi connectivity index (χ0n) is 12.8. The number of carbonyl (C=O) groups excluding carboxylic acids is 1. The molecule has 1 N–H and O–H groups in total. The van der Waals surface area contributed by atoms with Gasteiger partial charge in [0.15, 0.2) is 0 Å². The lowest BCUT2D eigenvalue weighted by Crippen LogP contribution is -2.34. The van der Waals surface area contributed by atoms with Crippen molar-refractivity contribution in [2.75, 3.05) is 6.61 Å². The van der Waals surface area contributed by atoms with Crippen molar-refractivity contribution in [1.29, 1.82) is 0 Å². The van der Waals surface area contributed by atoms with Crippen molar-refractivity contribution in [3.8, 4) is 11.6 Å². The number of rotatable bonds is 7. The Kier molecular flexibility index (Phi) is 5.91. The third kappa shape index (κ3) is 4.86. The summed E-state index contributed by atoms with van der Waals surface area (Å²) < 4.78 is 10.8. The largest absolute Gasteiger partial charge is 0.439 e. The second-order valence-corrected chi connectivity index (χ2v) is 4.74. The number of aromatic nitrogens is 1. The van der Waals surface area contributed by atoms with Gasteiger partial charge in [0.1, 0.15) is 11.9 Å². The molecule has 0 saturated carbocycles. The van der Waals surface area contributed by atoms with Crippen LogP contribution < -0.4 is 10.1 Å². The molecule has 0 spiro atoms. The van der Waals surface area contributed by atoms with E-state index in [1.165, 1.54) is 0 Å². The van der Waals surface area contributed by atoms with Gasteiger partial charge in [0.25, 0.3) is 0 Å². The highest BCUT2D eigenvalue weighted by molar-refractivity contribution is 5.80. The summed E-state index contributed by atoms with van der Waals surface area (Å²) in [7, 11) is 0. The highest BCUT2D eigenvalue weighted by atomic mass is 16.5. The molecule has 0 bridgehead atoms. The maximum Gasteiger partial charge on any atom is 0.249 e. The number of benzene rings is 1. The molecule has 22 heavy (non-hydrogen) atoms. The molecule has 1 aromatic carbocycles. The van der Waals surface area contributed by atoms with E-state index in [4.69, 9.17) is 9.47 Å². The van der Waals surface area contributed by atoms with Gasteiger partial charge in [0, 0.05) is 25.4 Å². The van der Waals surface area contributed by atoms with Crippen molar-refractivity contribution in [2.24, 2.45) is 0 Å². The van der Waals surface area contributed by atoms with Gasteiger partial charge in [-0.25, -0.2) is 4.98 Å². The van der Waals surface area contributed by atoms with E-state index in [0.29, 0.717) is 19.0 Å². The van der Waals surface area contributed by atoms with E-state index in [1.807, 2.05) is 43.3 Å². The number of nitrogens with one attached hydrogen (secondary N) is 1. The van der Waals surface area contributed by atoms with Crippen LogP contribution in [0.4, 0.5) is 0 Å². The minimum absolute atomic E-state index is 0.133. The molecule has 0 aliphatic carbocycles. The molecule has 5 nitrogen and oxygen atoms in total. The molecule has 2 aromatic rings. The van der Waals surface area contributed by atoms with E-state index < -0.39 is 6.10 Å². The van der Waals surface area contributed by atoms with Crippen LogP contribution in [0, 0.1) is 0 Å². The molecule has 1 aromatic heterocycles. The number of carbonyl (C=O) groups is 1. The fraction of sp³-hybridized carbons (Fsp3) is 0.294. The van der Waals surface area contributed by atoms with Gasteiger partial charge in [-0.2, -0.15) is 0 Å². The molecule has 116 valence electrons. The normalized spacial score (nSPS) is 11.7. The SMILES string of the molecule is CCOC(C)C(=O)NCc1ccc(Oc2ccccc2)nc1. The summed E-state index contributed by atoms with van der Waals surface area (Å²) in [5.74, 6) is 1.12. The summed E-state index contributed by atoms with van der Waals surface area (Å²) in [6.07, 6.45) is 1.24. The van der Waals surface area contributed by atoms with E-state index in [-0.39, 0.29) is 5.91 Å². The van der Waals surface area contributed by atoms with Crippen molar-refractivity contribution in [2.45, 2.75) is 26.5 Å². The predicted molar refractivity (Wildman–Crippen MR) is 83.7 cm³/mol. The Labute approximate surface area is 130 Å². The quantitative estimate of drug-likeness (QED) is 0.854. The van der Waals surface area contributed by atoms with Crippen LogP contribution in [0.5, 0.6) is 11.6 Å². The Balaban J connectivity index is 1.85. The Morgan fingerprint density at radius 3 is 2.64 bits per heavy atom. The summed E-state index contributed by atoms with van der Waals surface area (Å²) >= 11 is 0. The number of hydrogen-bond donors (Lipinski definition) is 1. The summed E-state index contributed by atoms with van der Waals surface area (Å²) in [4.78, 5) is 16.0. The third-order valence-corrected chi connectivity index (χ3v) is 3.02. The maximum absolute atomic E-state index is 11.7.